The van der Waals surface area contributed by atoms with Crippen LogP contribution in [0.3, 0.4) is 0 Å². The summed E-state index contributed by atoms with van der Waals surface area (Å²) >= 11 is 11.5. The van der Waals surface area contributed by atoms with E-state index in [0.29, 0.717) is 21.2 Å². The van der Waals surface area contributed by atoms with Crippen LogP contribution in [-0.4, -0.2) is 28.2 Å². The van der Waals surface area contributed by atoms with Crippen molar-refractivity contribution < 1.29 is 14.6 Å². The smallest absolute Gasteiger partial charge is 0.340 e. The number of hydrogen-bond donors (Lipinski definition) is 1. The number of hydrogen-bond acceptors (Lipinski definition) is 5. The quantitative estimate of drug-likeness (QED) is 0.821. The lowest BCUT2D eigenvalue weighted by molar-refractivity contribution is 0.0600. The second-order valence-electron chi connectivity index (χ2n) is 4.37. The lowest BCUT2D eigenvalue weighted by Gasteiger charge is -2.01. The molecule has 1 N–H and O–H groups in total. The van der Waals surface area contributed by atoms with Crippen molar-refractivity contribution in [3.63, 3.8) is 0 Å². The third-order valence-electron chi connectivity index (χ3n) is 2.63. The van der Waals surface area contributed by atoms with E-state index in [4.69, 9.17) is 28.3 Å². The van der Waals surface area contributed by atoms with E-state index in [9.17, 15) is 4.79 Å². The van der Waals surface area contributed by atoms with Gasteiger partial charge in [0.05, 0.1) is 24.3 Å². The Labute approximate surface area is 146 Å². The molecule has 0 spiro atoms. The van der Waals surface area contributed by atoms with Gasteiger partial charge in [-0.3, -0.25) is 9.97 Å². The molecule has 2 aromatic heterocycles. The first-order valence-corrected chi connectivity index (χ1v) is 7.07. The largest absolute Gasteiger partial charge is 0.465 e. The Kier molecular flexibility index (Phi) is 9.41. The summed E-state index contributed by atoms with van der Waals surface area (Å²) in [5.41, 5.74) is 2.60. The molecule has 0 radical (unpaired) electrons. The standard InChI is InChI=1S/C8H8ClNO2.C7H8ClNO.CH4/c1-5-3-7(9)6(4-10-5)8(11)12-2;1-5-2-7(8)6(4-10)3-9-5;/h3-4H,1-2H3;2-3,10H,4H2,1H3;1H4. The topological polar surface area (TPSA) is 72.3 Å². The van der Waals surface area contributed by atoms with Gasteiger partial charge in [-0.05, 0) is 26.0 Å². The molecular weight excluding hydrogens is 339 g/mol. The van der Waals surface area contributed by atoms with Crippen molar-refractivity contribution in [2.24, 2.45) is 0 Å². The minimum Gasteiger partial charge on any atom is -0.465 e. The summed E-state index contributed by atoms with van der Waals surface area (Å²) in [6.45, 7) is 3.60. The highest BCUT2D eigenvalue weighted by Crippen LogP contribution is 2.16. The second-order valence-corrected chi connectivity index (χ2v) is 5.19. The maximum Gasteiger partial charge on any atom is 0.340 e. The number of aliphatic hydroxyl groups is 1. The fourth-order valence-electron chi connectivity index (χ4n) is 1.46. The first-order valence-electron chi connectivity index (χ1n) is 6.31. The van der Waals surface area contributed by atoms with Crippen LogP contribution in [0.2, 0.25) is 10.0 Å². The Hall–Kier alpha value is -1.69. The van der Waals surface area contributed by atoms with Gasteiger partial charge in [0.25, 0.3) is 0 Å². The van der Waals surface area contributed by atoms with Crippen molar-refractivity contribution in [1.82, 2.24) is 9.97 Å². The predicted octanol–water partition coefficient (Wildman–Crippen LogP) is 4.00. The van der Waals surface area contributed by atoms with Crippen LogP contribution in [-0.2, 0) is 11.3 Å². The van der Waals surface area contributed by atoms with E-state index < -0.39 is 5.97 Å². The minimum atomic E-state index is -0.465. The number of aromatic nitrogens is 2. The highest BCUT2D eigenvalue weighted by atomic mass is 35.5. The van der Waals surface area contributed by atoms with Crippen LogP contribution in [0.5, 0.6) is 0 Å². The summed E-state index contributed by atoms with van der Waals surface area (Å²) in [7, 11) is 1.30. The van der Waals surface area contributed by atoms with Crippen LogP contribution in [0.1, 0.15) is 34.7 Å². The van der Waals surface area contributed by atoms with Crippen LogP contribution in [0.4, 0.5) is 0 Å². The highest BCUT2D eigenvalue weighted by molar-refractivity contribution is 6.33. The molecule has 0 aliphatic rings. The first-order chi connectivity index (χ1) is 10.4. The SMILES string of the molecule is C.COC(=O)c1cnc(C)cc1Cl.Cc1cc(Cl)c(CO)cn1. The normalized spacial score (nSPS) is 9.30. The number of carbonyl (C=O) groups excluding carboxylic acids is 1. The third-order valence-corrected chi connectivity index (χ3v) is 3.30. The molecule has 0 fully saturated rings. The molecule has 0 unspecified atom stereocenters. The van der Waals surface area contributed by atoms with E-state index in [1.807, 2.05) is 6.92 Å². The number of carbonyl (C=O) groups is 1. The van der Waals surface area contributed by atoms with Gasteiger partial charge in [0, 0.05) is 34.4 Å². The number of methoxy groups -OCH3 is 1. The maximum absolute atomic E-state index is 11.0. The average Bonchev–Trinajstić information content (AvgIpc) is 2.47. The van der Waals surface area contributed by atoms with Crippen molar-refractivity contribution in [2.75, 3.05) is 7.11 Å². The molecule has 0 atom stereocenters. The average molecular weight is 359 g/mol. The van der Waals surface area contributed by atoms with Crippen molar-refractivity contribution in [3.8, 4) is 0 Å². The molecule has 2 aromatic rings. The number of nitrogens with zero attached hydrogens (tertiary/aromatic N) is 2. The number of ether oxygens (including phenoxy) is 1. The Morgan fingerprint density at radius 3 is 2.09 bits per heavy atom. The molecule has 0 aliphatic carbocycles. The molecule has 0 amide bonds. The van der Waals surface area contributed by atoms with Gasteiger partial charge < -0.3 is 9.84 Å². The molecule has 7 heteroatoms. The fraction of sp³-hybridized carbons (Fsp3) is 0.312. The lowest BCUT2D eigenvalue weighted by Crippen LogP contribution is -2.03. The summed E-state index contributed by atoms with van der Waals surface area (Å²) in [6.07, 6.45) is 2.99. The van der Waals surface area contributed by atoms with Crippen LogP contribution >= 0.6 is 23.2 Å². The predicted molar refractivity (Wildman–Crippen MR) is 92.0 cm³/mol. The Bertz CT molecular complexity index is 664. The molecule has 0 aliphatic heterocycles. The van der Waals surface area contributed by atoms with Crippen molar-refractivity contribution in [2.45, 2.75) is 27.9 Å². The van der Waals surface area contributed by atoms with Gasteiger partial charge in [0.15, 0.2) is 0 Å². The van der Waals surface area contributed by atoms with Crippen molar-refractivity contribution in [1.29, 1.82) is 0 Å². The lowest BCUT2D eigenvalue weighted by atomic mass is 10.2. The van der Waals surface area contributed by atoms with Gasteiger partial charge in [0.1, 0.15) is 0 Å². The van der Waals surface area contributed by atoms with E-state index in [-0.39, 0.29) is 14.0 Å². The minimum absolute atomic E-state index is 0. The van der Waals surface area contributed by atoms with E-state index >= 15 is 0 Å². The monoisotopic (exact) mass is 358 g/mol. The summed E-state index contributed by atoms with van der Waals surface area (Å²) in [6, 6.07) is 3.35. The molecule has 5 nitrogen and oxygen atoms in total. The molecule has 0 saturated heterocycles. The van der Waals surface area contributed by atoms with Gasteiger partial charge in [-0.15, -0.1) is 0 Å². The van der Waals surface area contributed by atoms with E-state index in [2.05, 4.69) is 14.7 Å². The Morgan fingerprint density at radius 2 is 1.65 bits per heavy atom. The molecule has 0 saturated carbocycles. The maximum atomic E-state index is 11.0. The van der Waals surface area contributed by atoms with E-state index in [1.54, 1.807) is 25.3 Å². The summed E-state index contributed by atoms with van der Waals surface area (Å²) < 4.78 is 4.49. The molecule has 126 valence electrons. The third kappa shape index (κ3) is 6.52. The fourth-order valence-corrected chi connectivity index (χ4v) is 2.01. The zero-order chi connectivity index (χ0) is 16.7. The van der Waals surface area contributed by atoms with Crippen LogP contribution in [0.15, 0.2) is 24.5 Å². The number of esters is 1. The molecule has 2 heterocycles. The van der Waals surface area contributed by atoms with Crippen molar-refractivity contribution >= 4 is 29.2 Å². The molecule has 0 bridgehead atoms. The zero-order valence-corrected chi connectivity index (χ0v) is 13.9. The number of halogens is 2. The number of aryl methyl sites for hydroxylation is 2. The zero-order valence-electron chi connectivity index (χ0n) is 12.4. The number of pyridine rings is 2. The van der Waals surface area contributed by atoms with Gasteiger partial charge in [-0.1, -0.05) is 30.6 Å². The molecule has 0 aromatic carbocycles. The van der Waals surface area contributed by atoms with Gasteiger partial charge in [-0.2, -0.15) is 0 Å². The second kappa shape index (κ2) is 10.2. The van der Waals surface area contributed by atoms with Crippen LogP contribution in [0.25, 0.3) is 0 Å². The van der Waals surface area contributed by atoms with Crippen molar-refractivity contribution in [3.05, 3.63) is 57.1 Å². The van der Waals surface area contributed by atoms with E-state index in [1.165, 1.54) is 13.3 Å². The summed E-state index contributed by atoms with van der Waals surface area (Å²) in [5, 5.41) is 9.63. The molecule has 23 heavy (non-hydrogen) atoms. The van der Waals surface area contributed by atoms with Crippen LogP contribution < -0.4 is 0 Å². The number of rotatable bonds is 2. The molecular formula is C16H20Cl2N2O3. The summed E-state index contributed by atoms with van der Waals surface area (Å²) in [5.74, 6) is -0.465. The molecule has 2 rings (SSSR count). The van der Waals surface area contributed by atoms with Gasteiger partial charge >= 0.3 is 5.97 Å². The van der Waals surface area contributed by atoms with E-state index in [0.717, 1.165) is 11.4 Å². The first kappa shape index (κ1) is 21.3. The van der Waals surface area contributed by atoms with Gasteiger partial charge in [-0.25, -0.2) is 4.79 Å². The number of aliphatic hydroxyl groups excluding tert-OH is 1. The summed E-state index contributed by atoms with van der Waals surface area (Å²) in [4.78, 5) is 18.9. The highest BCUT2D eigenvalue weighted by Gasteiger charge is 2.10. The Balaban J connectivity index is 0.000000409. The Morgan fingerprint density at radius 1 is 1.13 bits per heavy atom. The van der Waals surface area contributed by atoms with Crippen LogP contribution in [0, 0.1) is 13.8 Å². The van der Waals surface area contributed by atoms with Gasteiger partial charge in [0.2, 0.25) is 0 Å².